The van der Waals surface area contributed by atoms with Gasteiger partial charge in [0.05, 0.1) is 21.4 Å². The summed E-state index contributed by atoms with van der Waals surface area (Å²) in [4.78, 5) is 15.3. The van der Waals surface area contributed by atoms with Gasteiger partial charge in [-0.2, -0.15) is 0 Å². The van der Waals surface area contributed by atoms with Gasteiger partial charge in [-0.3, -0.25) is 9.69 Å². The molecule has 20 heavy (non-hydrogen) atoms. The van der Waals surface area contributed by atoms with Crippen molar-refractivity contribution in [2.75, 3.05) is 26.2 Å². The molecule has 6 heteroatoms. The number of hydrogen-bond donors (Lipinski definition) is 1. The summed E-state index contributed by atoms with van der Waals surface area (Å²) in [5, 5.41) is 2.99. The van der Waals surface area contributed by atoms with Gasteiger partial charge in [0.25, 0.3) is 5.91 Å². The minimum atomic E-state index is -0.00375. The molecule has 0 spiro atoms. The Bertz CT molecular complexity index is 486. The van der Waals surface area contributed by atoms with Crippen LogP contribution < -0.4 is 5.32 Å². The lowest BCUT2D eigenvalue weighted by Crippen LogP contribution is -2.50. The minimum Gasteiger partial charge on any atom is -0.373 e. The molecule has 1 aromatic heterocycles. The normalized spacial score (nSPS) is 26.5. The maximum absolute atomic E-state index is 12.1. The molecule has 3 rings (SSSR count). The SMILES string of the molecule is Cc1cc(C(=O)NCC2CN3CCCC3CO2)sc1Br. The van der Waals surface area contributed by atoms with Crippen molar-refractivity contribution in [2.24, 2.45) is 0 Å². The number of carbonyl (C=O) groups is 1. The molecule has 1 N–H and O–H groups in total. The lowest BCUT2D eigenvalue weighted by molar-refractivity contribution is -0.0461. The van der Waals surface area contributed by atoms with Crippen LogP contribution >= 0.6 is 27.3 Å². The van der Waals surface area contributed by atoms with Crippen LogP contribution in [-0.2, 0) is 4.74 Å². The summed E-state index contributed by atoms with van der Waals surface area (Å²) < 4.78 is 6.87. The van der Waals surface area contributed by atoms with E-state index < -0.39 is 0 Å². The molecule has 110 valence electrons. The van der Waals surface area contributed by atoms with Gasteiger partial charge < -0.3 is 10.1 Å². The van der Waals surface area contributed by atoms with E-state index in [9.17, 15) is 4.79 Å². The first-order valence-corrected chi connectivity index (χ1v) is 8.64. The molecule has 0 saturated carbocycles. The second-order valence-electron chi connectivity index (χ2n) is 5.52. The smallest absolute Gasteiger partial charge is 0.261 e. The van der Waals surface area contributed by atoms with E-state index in [1.807, 2.05) is 13.0 Å². The van der Waals surface area contributed by atoms with Gasteiger partial charge >= 0.3 is 0 Å². The molecule has 0 radical (unpaired) electrons. The lowest BCUT2D eigenvalue weighted by Gasteiger charge is -2.35. The molecule has 4 nitrogen and oxygen atoms in total. The van der Waals surface area contributed by atoms with Crippen molar-refractivity contribution < 1.29 is 9.53 Å². The summed E-state index contributed by atoms with van der Waals surface area (Å²) in [6.45, 7) is 5.52. The number of rotatable bonds is 3. The maximum atomic E-state index is 12.1. The predicted octanol–water partition coefficient (Wildman–Crippen LogP) is 2.41. The number of aryl methyl sites for hydroxylation is 1. The fourth-order valence-electron chi connectivity index (χ4n) is 2.87. The second kappa shape index (κ2) is 6.13. The summed E-state index contributed by atoms with van der Waals surface area (Å²) >= 11 is 4.93. The van der Waals surface area contributed by atoms with Crippen molar-refractivity contribution in [3.63, 3.8) is 0 Å². The monoisotopic (exact) mass is 358 g/mol. The van der Waals surface area contributed by atoms with Gasteiger partial charge in [0.1, 0.15) is 0 Å². The summed E-state index contributed by atoms with van der Waals surface area (Å²) in [5.74, 6) is -0.00375. The Morgan fingerprint density at radius 1 is 1.65 bits per heavy atom. The number of nitrogens with zero attached hydrogens (tertiary/aromatic N) is 1. The first-order valence-electron chi connectivity index (χ1n) is 7.03. The Hall–Kier alpha value is -0.430. The van der Waals surface area contributed by atoms with Crippen molar-refractivity contribution in [1.82, 2.24) is 10.2 Å². The van der Waals surface area contributed by atoms with E-state index in [-0.39, 0.29) is 12.0 Å². The molecule has 2 unspecified atom stereocenters. The molecule has 2 aliphatic heterocycles. The zero-order valence-corrected chi connectivity index (χ0v) is 13.9. The van der Waals surface area contributed by atoms with Crippen LogP contribution in [0.5, 0.6) is 0 Å². The molecule has 2 saturated heterocycles. The minimum absolute atomic E-state index is 0.00375. The van der Waals surface area contributed by atoms with Crippen molar-refractivity contribution in [2.45, 2.75) is 31.9 Å². The molecule has 2 aliphatic rings. The van der Waals surface area contributed by atoms with Gasteiger partial charge in [-0.1, -0.05) is 0 Å². The van der Waals surface area contributed by atoms with Crippen LogP contribution in [0.2, 0.25) is 0 Å². The highest BCUT2D eigenvalue weighted by molar-refractivity contribution is 9.11. The van der Waals surface area contributed by atoms with E-state index in [1.165, 1.54) is 30.7 Å². The number of halogens is 1. The topological polar surface area (TPSA) is 41.6 Å². The molecular formula is C14H19BrN2O2S. The average Bonchev–Trinajstić information content (AvgIpc) is 3.03. The highest BCUT2D eigenvalue weighted by Crippen LogP contribution is 2.27. The van der Waals surface area contributed by atoms with Gasteiger partial charge in [0, 0.05) is 19.1 Å². The Balaban J connectivity index is 1.50. The fourth-order valence-corrected chi connectivity index (χ4v) is 4.33. The molecule has 0 aromatic carbocycles. The Labute approximate surface area is 131 Å². The van der Waals surface area contributed by atoms with Gasteiger partial charge in [-0.05, 0) is 53.9 Å². The zero-order chi connectivity index (χ0) is 14.1. The molecule has 1 aromatic rings. The van der Waals surface area contributed by atoms with Crippen LogP contribution in [0, 0.1) is 6.92 Å². The third kappa shape index (κ3) is 3.08. The zero-order valence-electron chi connectivity index (χ0n) is 11.5. The van der Waals surface area contributed by atoms with E-state index in [4.69, 9.17) is 4.74 Å². The Morgan fingerprint density at radius 3 is 3.25 bits per heavy atom. The third-order valence-electron chi connectivity index (χ3n) is 4.03. The van der Waals surface area contributed by atoms with Gasteiger partial charge in [-0.25, -0.2) is 0 Å². The standard InChI is InChI=1S/C14H19BrN2O2S/c1-9-5-12(20-13(9)15)14(18)16-6-11-7-17-4-2-3-10(17)8-19-11/h5,10-11H,2-4,6-8H2,1H3,(H,16,18). The van der Waals surface area contributed by atoms with E-state index in [2.05, 4.69) is 26.1 Å². The Morgan fingerprint density at radius 2 is 2.50 bits per heavy atom. The van der Waals surface area contributed by atoms with Crippen LogP contribution in [0.15, 0.2) is 9.85 Å². The van der Waals surface area contributed by atoms with E-state index in [0.29, 0.717) is 12.6 Å². The van der Waals surface area contributed by atoms with Gasteiger partial charge in [0.2, 0.25) is 0 Å². The molecule has 2 atom stereocenters. The number of morpholine rings is 1. The quantitative estimate of drug-likeness (QED) is 0.901. The van der Waals surface area contributed by atoms with E-state index in [1.54, 1.807) is 0 Å². The number of hydrogen-bond acceptors (Lipinski definition) is 4. The molecule has 3 heterocycles. The summed E-state index contributed by atoms with van der Waals surface area (Å²) in [6, 6.07) is 2.53. The van der Waals surface area contributed by atoms with Gasteiger partial charge in [0.15, 0.2) is 0 Å². The number of ether oxygens (including phenoxy) is 1. The molecule has 0 bridgehead atoms. The first kappa shape index (κ1) is 14.5. The van der Waals surface area contributed by atoms with Crippen molar-refractivity contribution in [1.29, 1.82) is 0 Å². The maximum Gasteiger partial charge on any atom is 0.261 e. The number of carbonyl (C=O) groups excluding carboxylic acids is 1. The van der Waals surface area contributed by atoms with Crippen LogP contribution in [0.3, 0.4) is 0 Å². The van der Waals surface area contributed by atoms with Gasteiger partial charge in [-0.15, -0.1) is 11.3 Å². The van der Waals surface area contributed by atoms with Crippen molar-refractivity contribution in [3.05, 3.63) is 20.3 Å². The van der Waals surface area contributed by atoms with Crippen LogP contribution in [0.25, 0.3) is 0 Å². The fraction of sp³-hybridized carbons (Fsp3) is 0.643. The highest BCUT2D eigenvalue weighted by atomic mass is 79.9. The van der Waals surface area contributed by atoms with Crippen LogP contribution in [-0.4, -0.2) is 49.2 Å². The average molecular weight is 359 g/mol. The molecule has 1 amide bonds. The lowest BCUT2D eigenvalue weighted by atomic mass is 10.2. The molecule has 0 aliphatic carbocycles. The molecular weight excluding hydrogens is 340 g/mol. The number of thiophene rings is 1. The highest BCUT2D eigenvalue weighted by Gasteiger charge is 2.32. The van der Waals surface area contributed by atoms with Crippen LogP contribution in [0.1, 0.15) is 28.1 Å². The number of amides is 1. The summed E-state index contributed by atoms with van der Waals surface area (Å²) in [6.07, 6.45) is 2.65. The predicted molar refractivity (Wildman–Crippen MR) is 83.4 cm³/mol. The molecule has 2 fully saturated rings. The van der Waals surface area contributed by atoms with Crippen molar-refractivity contribution in [3.8, 4) is 0 Å². The summed E-state index contributed by atoms with van der Waals surface area (Å²) in [5.41, 5.74) is 1.11. The number of nitrogens with one attached hydrogen (secondary N) is 1. The third-order valence-corrected chi connectivity index (χ3v) is 6.17. The van der Waals surface area contributed by atoms with E-state index >= 15 is 0 Å². The first-order chi connectivity index (χ1) is 9.63. The number of fused-ring (bicyclic) bond motifs is 1. The second-order valence-corrected chi connectivity index (χ2v) is 7.89. The van der Waals surface area contributed by atoms with Crippen molar-refractivity contribution >= 4 is 33.2 Å². The Kier molecular flexibility index (Phi) is 4.45. The van der Waals surface area contributed by atoms with Crippen LogP contribution in [0.4, 0.5) is 0 Å². The summed E-state index contributed by atoms with van der Waals surface area (Å²) in [7, 11) is 0. The van der Waals surface area contributed by atoms with E-state index in [0.717, 1.165) is 27.4 Å². The largest absolute Gasteiger partial charge is 0.373 e.